The number of hydrogen-bond acceptors (Lipinski definition) is 4. The number of sulfonamides is 1. The summed E-state index contributed by atoms with van der Waals surface area (Å²) < 4.78 is 27.7. The number of benzene rings is 1. The lowest BCUT2D eigenvalue weighted by Gasteiger charge is -2.22. The lowest BCUT2D eigenvalue weighted by Crippen LogP contribution is -2.42. The third kappa shape index (κ3) is 4.03. The van der Waals surface area contributed by atoms with E-state index in [1.54, 1.807) is 25.1 Å². The van der Waals surface area contributed by atoms with Crippen molar-refractivity contribution in [2.45, 2.75) is 62.6 Å². The molecule has 0 heterocycles. The fraction of sp³-hybridized carbons (Fsp3) is 0.600. The fourth-order valence-electron chi connectivity index (χ4n) is 2.83. The first-order chi connectivity index (χ1) is 9.94. The summed E-state index contributed by atoms with van der Waals surface area (Å²) >= 11 is 0. The van der Waals surface area contributed by atoms with Crippen molar-refractivity contribution < 1.29 is 13.5 Å². The predicted octanol–water partition coefficient (Wildman–Crippen LogP) is 1.43. The topological polar surface area (TPSA) is 92.4 Å². The van der Waals surface area contributed by atoms with E-state index in [2.05, 4.69) is 4.72 Å². The van der Waals surface area contributed by atoms with Gasteiger partial charge in [-0.05, 0) is 37.0 Å². The summed E-state index contributed by atoms with van der Waals surface area (Å²) in [7, 11) is -3.62. The summed E-state index contributed by atoms with van der Waals surface area (Å²) in [5.41, 5.74) is 7.14. The molecule has 0 aliphatic heterocycles. The molecule has 1 fully saturated rings. The van der Waals surface area contributed by atoms with Crippen molar-refractivity contribution in [3.63, 3.8) is 0 Å². The van der Waals surface area contributed by atoms with Gasteiger partial charge in [-0.2, -0.15) is 0 Å². The molecule has 1 aliphatic rings. The molecule has 0 radical (unpaired) electrons. The molecular formula is C15H24N2O3S. The highest BCUT2D eigenvalue weighted by atomic mass is 32.2. The molecule has 2 rings (SSSR count). The van der Waals surface area contributed by atoms with Crippen LogP contribution in [0, 0.1) is 6.92 Å². The van der Waals surface area contributed by atoms with Crippen LogP contribution in [0.5, 0.6) is 0 Å². The van der Waals surface area contributed by atoms with Gasteiger partial charge in [0.05, 0.1) is 11.0 Å². The number of aliphatic hydroxyl groups excluding tert-OH is 1. The molecule has 4 N–H and O–H groups in total. The summed E-state index contributed by atoms with van der Waals surface area (Å²) in [4.78, 5) is 0.260. The van der Waals surface area contributed by atoms with Crippen LogP contribution >= 0.6 is 0 Å². The number of nitrogens with one attached hydrogen (secondary N) is 1. The highest BCUT2D eigenvalue weighted by molar-refractivity contribution is 7.89. The first kappa shape index (κ1) is 16.4. The minimum absolute atomic E-state index is 0.260. The van der Waals surface area contributed by atoms with E-state index in [9.17, 15) is 13.5 Å². The third-order valence-electron chi connectivity index (χ3n) is 4.05. The standard InChI is InChI=1S/C15H24N2O3S/c1-11-9-12(10-16)7-8-15(11)21(19,20)17-13-5-3-2-4-6-14(13)18/h7-9,13-14,17-18H,2-6,10,16H2,1H3. The summed E-state index contributed by atoms with van der Waals surface area (Å²) in [5.74, 6) is 0. The molecule has 0 aromatic heterocycles. The van der Waals surface area contributed by atoms with Crippen LogP contribution < -0.4 is 10.5 Å². The number of aryl methyl sites for hydroxylation is 1. The van der Waals surface area contributed by atoms with Crippen molar-refractivity contribution in [2.24, 2.45) is 5.73 Å². The van der Waals surface area contributed by atoms with Crippen LogP contribution in [0.15, 0.2) is 23.1 Å². The van der Waals surface area contributed by atoms with Crippen molar-refractivity contribution >= 4 is 10.0 Å². The molecule has 0 amide bonds. The molecule has 6 heteroatoms. The van der Waals surface area contributed by atoms with Gasteiger partial charge < -0.3 is 10.8 Å². The first-order valence-corrected chi connectivity index (χ1v) is 8.92. The Morgan fingerprint density at radius 1 is 1.29 bits per heavy atom. The smallest absolute Gasteiger partial charge is 0.241 e. The molecule has 118 valence electrons. The van der Waals surface area contributed by atoms with Crippen LogP contribution in [0.3, 0.4) is 0 Å². The van der Waals surface area contributed by atoms with Gasteiger partial charge in [-0.3, -0.25) is 0 Å². The van der Waals surface area contributed by atoms with Gasteiger partial charge in [0.15, 0.2) is 0 Å². The Hall–Kier alpha value is -0.950. The van der Waals surface area contributed by atoms with E-state index >= 15 is 0 Å². The summed E-state index contributed by atoms with van der Waals surface area (Å²) in [6.07, 6.45) is 3.66. The number of rotatable bonds is 4. The molecule has 0 bridgehead atoms. The fourth-order valence-corrected chi connectivity index (χ4v) is 4.36. The van der Waals surface area contributed by atoms with E-state index < -0.39 is 22.2 Å². The summed E-state index contributed by atoms with van der Waals surface area (Å²) in [6.45, 7) is 2.15. The maximum Gasteiger partial charge on any atom is 0.241 e. The van der Waals surface area contributed by atoms with E-state index in [0.29, 0.717) is 24.9 Å². The maximum absolute atomic E-state index is 12.5. The van der Waals surface area contributed by atoms with E-state index in [1.807, 2.05) is 0 Å². The second kappa shape index (κ2) is 6.87. The van der Waals surface area contributed by atoms with Gasteiger partial charge in [0.1, 0.15) is 0 Å². The zero-order chi connectivity index (χ0) is 15.5. The third-order valence-corrected chi connectivity index (χ3v) is 5.70. The zero-order valence-electron chi connectivity index (χ0n) is 12.4. The molecule has 0 saturated heterocycles. The Bertz CT molecular complexity index is 587. The zero-order valence-corrected chi connectivity index (χ0v) is 13.2. The quantitative estimate of drug-likeness (QED) is 0.733. The van der Waals surface area contributed by atoms with E-state index in [4.69, 9.17) is 5.73 Å². The van der Waals surface area contributed by atoms with Crippen molar-refractivity contribution in [3.8, 4) is 0 Å². The summed E-state index contributed by atoms with van der Waals surface area (Å²) in [5, 5.41) is 10.1. The SMILES string of the molecule is Cc1cc(CN)ccc1S(=O)(=O)NC1CCCCCC1O. The van der Waals surface area contributed by atoms with E-state index in [0.717, 1.165) is 24.8 Å². The van der Waals surface area contributed by atoms with Crippen molar-refractivity contribution in [1.29, 1.82) is 0 Å². The highest BCUT2D eigenvalue weighted by Gasteiger charge is 2.27. The van der Waals surface area contributed by atoms with Gasteiger partial charge in [-0.15, -0.1) is 0 Å². The Morgan fingerprint density at radius 2 is 2.00 bits per heavy atom. The predicted molar refractivity (Wildman–Crippen MR) is 82.3 cm³/mol. The molecule has 1 aromatic rings. The van der Waals surface area contributed by atoms with Gasteiger partial charge >= 0.3 is 0 Å². The normalized spacial score (nSPS) is 23.8. The van der Waals surface area contributed by atoms with Gasteiger partial charge in [-0.1, -0.05) is 31.4 Å². The Balaban J connectivity index is 2.21. The van der Waals surface area contributed by atoms with Crippen molar-refractivity contribution in [2.75, 3.05) is 0 Å². The van der Waals surface area contributed by atoms with Crippen molar-refractivity contribution in [1.82, 2.24) is 4.72 Å². The van der Waals surface area contributed by atoms with Crippen LogP contribution in [-0.2, 0) is 16.6 Å². The largest absolute Gasteiger partial charge is 0.391 e. The molecule has 1 saturated carbocycles. The monoisotopic (exact) mass is 312 g/mol. The number of aliphatic hydroxyl groups is 1. The van der Waals surface area contributed by atoms with Gasteiger partial charge in [0.25, 0.3) is 0 Å². The molecule has 1 aromatic carbocycles. The van der Waals surface area contributed by atoms with E-state index in [-0.39, 0.29) is 4.90 Å². The second-order valence-corrected chi connectivity index (χ2v) is 7.42. The Labute approximate surface area is 126 Å². The highest BCUT2D eigenvalue weighted by Crippen LogP contribution is 2.22. The minimum atomic E-state index is -3.62. The maximum atomic E-state index is 12.5. The van der Waals surface area contributed by atoms with Crippen LogP contribution in [0.4, 0.5) is 0 Å². The lowest BCUT2D eigenvalue weighted by atomic mass is 10.1. The number of hydrogen-bond donors (Lipinski definition) is 3. The van der Waals surface area contributed by atoms with Crippen LogP contribution in [-0.4, -0.2) is 25.7 Å². The minimum Gasteiger partial charge on any atom is -0.391 e. The van der Waals surface area contributed by atoms with E-state index in [1.165, 1.54) is 0 Å². The van der Waals surface area contributed by atoms with Crippen LogP contribution in [0.1, 0.15) is 43.2 Å². The average molecular weight is 312 g/mol. The average Bonchev–Trinajstić information content (AvgIpc) is 2.63. The molecule has 5 nitrogen and oxygen atoms in total. The van der Waals surface area contributed by atoms with Crippen molar-refractivity contribution in [3.05, 3.63) is 29.3 Å². The van der Waals surface area contributed by atoms with Gasteiger partial charge in [0, 0.05) is 12.6 Å². The molecule has 2 atom stereocenters. The van der Waals surface area contributed by atoms with Crippen LogP contribution in [0.25, 0.3) is 0 Å². The first-order valence-electron chi connectivity index (χ1n) is 7.44. The molecule has 2 unspecified atom stereocenters. The summed E-state index contributed by atoms with van der Waals surface area (Å²) in [6, 6.07) is 4.71. The number of nitrogens with two attached hydrogens (primary N) is 1. The van der Waals surface area contributed by atoms with Crippen LogP contribution in [0.2, 0.25) is 0 Å². The Kier molecular flexibility index (Phi) is 5.37. The van der Waals surface area contributed by atoms with Gasteiger partial charge in [0.2, 0.25) is 10.0 Å². The lowest BCUT2D eigenvalue weighted by molar-refractivity contribution is 0.130. The Morgan fingerprint density at radius 3 is 2.67 bits per heavy atom. The van der Waals surface area contributed by atoms with Gasteiger partial charge in [-0.25, -0.2) is 13.1 Å². The second-order valence-electron chi connectivity index (χ2n) is 5.74. The molecular weight excluding hydrogens is 288 g/mol. The molecule has 21 heavy (non-hydrogen) atoms. The molecule has 1 aliphatic carbocycles. The molecule has 0 spiro atoms.